The molecule has 2 aromatic rings. The fourth-order valence-electron chi connectivity index (χ4n) is 1.57. The van der Waals surface area contributed by atoms with Gasteiger partial charge in [0.2, 0.25) is 0 Å². The molecule has 0 radical (unpaired) electrons. The lowest BCUT2D eigenvalue weighted by Crippen LogP contribution is -2.09. The zero-order chi connectivity index (χ0) is 10.1. The molecule has 0 atom stereocenters. The van der Waals surface area contributed by atoms with Crippen molar-refractivity contribution in [3.05, 3.63) is 40.9 Å². The van der Waals surface area contributed by atoms with Gasteiger partial charge in [-0.05, 0) is 32.8 Å². The predicted molar refractivity (Wildman–Crippen MR) is 66.0 cm³/mol. The lowest BCUT2D eigenvalue weighted by Gasteiger charge is -2.15. The second kappa shape index (κ2) is 3.62. The quantitative estimate of drug-likeness (QED) is 0.746. The van der Waals surface area contributed by atoms with Crippen LogP contribution in [-0.2, 0) is 0 Å². The van der Waals surface area contributed by atoms with Gasteiger partial charge >= 0.3 is 0 Å². The van der Waals surface area contributed by atoms with Gasteiger partial charge in [0.1, 0.15) is 0 Å². The van der Waals surface area contributed by atoms with Gasteiger partial charge in [0, 0.05) is 18.6 Å². The average molecular weight is 250 g/mol. The first-order valence-electron chi connectivity index (χ1n) is 4.55. The molecule has 0 saturated heterocycles. The number of benzene rings is 2. The Kier molecular flexibility index (Phi) is 2.46. The summed E-state index contributed by atoms with van der Waals surface area (Å²) in [5.74, 6) is 0. The summed E-state index contributed by atoms with van der Waals surface area (Å²) in [5, 5.41) is 2.53. The molecule has 14 heavy (non-hydrogen) atoms. The number of anilines is 1. The SMILES string of the molecule is CN(C)c1ccc2ccccc2c1Br. The molecule has 0 aliphatic heterocycles. The summed E-state index contributed by atoms with van der Waals surface area (Å²) in [7, 11) is 4.10. The van der Waals surface area contributed by atoms with Gasteiger partial charge < -0.3 is 4.90 Å². The maximum absolute atomic E-state index is 3.64. The van der Waals surface area contributed by atoms with Crippen LogP contribution in [0.4, 0.5) is 5.69 Å². The van der Waals surface area contributed by atoms with E-state index in [1.54, 1.807) is 0 Å². The Labute approximate surface area is 92.5 Å². The highest BCUT2D eigenvalue weighted by Crippen LogP contribution is 2.32. The Bertz CT molecular complexity index is 463. The van der Waals surface area contributed by atoms with Gasteiger partial charge in [-0.1, -0.05) is 30.3 Å². The van der Waals surface area contributed by atoms with Crippen molar-refractivity contribution in [2.45, 2.75) is 0 Å². The summed E-state index contributed by atoms with van der Waals surface area (Å²) < 4.78 is 1.17. The summed E-state index contributed by atoms with van der Waals surface area (Å²) in [6.07, 6.45) is 0. The molecule has 0 bridgehead atoms. The maximum atomic E-state index is 3.64. The average Bonchev–Trinajstić information content (AvgIpc) is 2.18. The van der Waals surface area contributed by atoms with Crippen molar-refractivity contribution in [1.82, 2.24) is 0 Å². The summed E-state index contributed by atoms with van der Waals surface area (Å²) in [6.45, 7) is 0. The number of hydrogen-bond acceptors (Lipinski definition) is 1. The minimum absolute atomic E-state index is 1.17. The Morgan fingerprint density at radius 3 is 2.43 bits per heavy atom. The monoisotopic (exact) mass is 249 g/mol. The van der Waals surface area contributed by atoms with Gasteiger partial charge in [0.05, 0.1) is 5.69 Å². The number of hydrogen-bond donors (Lipinski definition) is 0. The van der Waals surface area contributed by atoms with E-state index in [9.17, 15) is 0 Å². The van der Waals surface area contributed by atoms with Gasteiger partial charge in [0.15, 0.2) is 0 Å². The number of halogens is 1. The highest BCUT2D eigenvalue weighted by atomic mass is 79.9. The molecule has 72 valence electrons. The van der Waals surface area contributed by atoms with Gasteiger partial charge in [-0.2, -0.15) is 0 Å². The van der Waals surface area contributed by atoms with E-state index in [1.807, 2.05) is 0 Å². The topological polar surface area (TPSA) is 3.24 Å². The molecule has 0 aliphatic rings. The third kappa shape index (κ3) is 1.50. The van der Waals surface area contributed by atoms with Crippen molar-refractivity contribution in [3.8, 4) is 0 Å². The molecule has 0 unspecified atom stereocenters. The highest BCUT2D eigenvalue weighted by Gasteiger charge is 2.05. The van der Waals surface area contributed by atoms with Crippen molar-refractivity contribution in [3.63, 3.8) is 0 Å². The molecule has 2 aromatic carbocycles. The molecule has 0 N–H and O–H groups in total. The van der Waals surface area contributed by atoms with E-state index in [0.29, 0.717) is 0 Å². The molecule has 0 aliphatic carbocycles. The lowest BCUT2D eigenvalue weighted by molar-refractivity contribution is 1.13. The van der Waals surface area contributed by atoms with Crippen LogP contribution in [0.25, 0.3) is 10.8 Å². The molecule has 2 heteroatoms. The third-order valence-electron chi connectivity index (χ3n) is 2.32. The van der Waals surface area contributed by atoms with E-state index in [0.717, 1.165) is 0 Å². The van der Waals surface area contributed by atoms with Crippen molar-refractivity contribution < 1.29 is 0 Å². The molecular formula is C12H12BrN. The fourth-order valence-corrected chi connectivity index (χ4v) is 2.42. The molecular weight excluding hydrogens is 238 g/mol. The summed E-state index contributed by atoms with van der Waals surface area (Å²) in [4.78, 5) is 2.11. The minimum atomic E-state index is 1.17. The predicted octanol–water partition coefficient (Wildman–Crippen LogP) is 3.67. The van der Waals surface area contributed by atoms with Crippen LogP contribution in [0.5, 0.6) is 0 Å². The van der Waals surface area contributed by atoms with E-state index in [2.05, 4.69) is 71.3 Å². The maximum Gasteiger partial charge on any atom is 0.0512 e. The van der Waals surface area contributed by atoms with Crippen LogP contribution in [0.1, 0.15) is 0 Å². The third-order valence-corrected chi connectivity index (χ3v) is 3.16. The van der Waals surface area contributed by atoms with Crippen LogP contribution in [0.3, 0.4) is 0 Å². The highest BCUT2D eigenvalue weighted by molar-refractivity contribution is 9.10. The smallest absolute Gasteiger partial charge is 0.0512 e. The molecule has 0 fully saturated rings. The van der Waals surface area contributed by atoms with Gasteiger partial charge in [-0.15, -0.1) is 0 Å². The lowest BCUT2D eigenvalue weighted by atomic mass is 10.1. The van der Waals surface area contributed by atoms with Gasteiger partial charge in [0.25, 0.3) is 0 Å². The summed E-state index contributed by atoms with van der Waals surface area (Å²) in [5.41, 5.74) is 1.21. The van der Waals surface area contributed by atoms with Crippen LogP contribution >= 0.6 is 15.9 Å². The van der Waals surface area contributed by atoms with Crippen LogP contribution in [-0.4, -0.2) is 14.1 Å². The van der Waals surface area contributed by atoms with Crippen molar-refractivity contribution in [2.24, 2.45) is 0 Å². The van der Waals surface area contributed by atoms with Gasteiger partial charge in [-0.3, -0.25) is 0 Å². The first kappa shape index (κ1) is 9.53. The van der Waals surface area contributed by atoms with Crippen LogP contribution in [0.2, 0.25) is 0 Å². The van der Waals surface area contributed by atoms with E-state index in [4.69, 9.17) is 0 Å². The van der Waals surface area contributed by atoms with E-state index in [-0.39, 0.29) is 0 Å². The van der Waals surface area contributed by atoms with Crippen LogP contribution in [0, 0.1) is 0 Å². The van der Waals surface area contributed by atoms with E-state index < -0.39 is 0 Å². The fraction of sp³-hybridized carbons (Fsp3) is 0.167. The zero-order valence-corrected chi connectivity index (χ0v) is 9.88. The molecule has 0 aromatic heterocycles. The summed E-state index contributed by atoms with van der Waals surface area (Å²) >= 11 is 3.64. The second-order valence-corrected chi connectivity index (χ2v) is 4.31. The molecule has 2 rings (SSSR count). The van der Waals surface area contributed by atoms with Crippen molar-refractivity contribution in [2.75, 3.05) is 19.0 Å². The van der Waals surface area contributed by atoms with Gasteiger partial charge in [-0.25, -0.2) is 0 Å². The normalized spacial score (nSPS) is 10.5. The molecule has 1 nitrogen and oxygen atoms in total. The Morgan fingerprint density at radius 2 is 1.71 bits per heavy atom. The number of rotatable bonds is 1. The van der Waals surface area contributed by atoms with E-state index >= 15 is 0 Å². The largest absolute Gasteiger partial charge is 0.377 e. The van der Waals surface area contributed by atoms with Crippen LogP contribution in [0.15, 0.2) is 40.9 Å². The second-order valence-electron chi connectivity index (χ2n) is 3.51. The molecule has 0 amide bonds. The first-order chi connectivity index (χ1) is 6.70. The first-order valence-corrected chi connectivity index (χ1v) is 5.34. The molecule has 0 saturated carbocycles. The number of fused-ring (bicyclic) bond motifs is 1. The Hall–Kier alpha value is -1.02. The van der Waals surface area contributed by atoms with E-state index in [1.165, 1.54) is 20.9 Å². The number of nitrogens with zero attached hydrogens (tertiary/aromatic N) is 1. The molecule has 0 spiro atoms. The van der Waals surface area contributed by atoms with Crippen LogP contribution < -0.4 is 4.90 Å². The summed E-state index contributed by atoms with van der Waals surface area (Å²) in [6, 6.07) is 12.7. The zero-order valence-electron chi connectivity index (χ0n) is 8.29. The van der Waals surface area contributed by atoms with Crippen molar-refractivity contribution in [1.29, 1.82) is 0 Å². The Morgan fingerprint density at radius 1 is 1.00 bits per heavy atom. The minimum Gasteiger partial charge on any atom is -0.377 e. The Balaban J connectivity index is 2.75. The molecule has 0 heterocycles. The standard InChI is InChI=1S/C12H12BrN/c1-14(2)11-8-7-9-5-3-4-6-10(9)12(11)13/h3-8H,1-2H3. The van der Waals surface area contributed by atoms with Crippen molar-refractivity contribution >= 4 is 32.4 Å².